The molecule has 0 aliphatic carbocycles. The van der Waals surface area contributed by atoms with Gasteiger partial charge in [-0.3, -0.25) is 14.9 Å². The smallest absolute Gasteiger partial charge is 0.416 e. The van der Waals surface area contributed by atoms with E-state index in [-0.39, 0.29) is 22.7 Å². The molecule has 34 heavy (non-hydrogen) atoms. The topological polar surface area (TPSA) is 97.4 Å². The van der Waals surface area contributed by atoms with Crippen LogP contribution in [0.1, 0.15) is 27.2 Å². The lowest BCUT2D eigenvalue weighted by molar-refractivity contribution is -0.384. The van der Waals surface area contributed by atoms with E-state index in [9.17, 15) is 28.1 Å². The zero-order valence-electron chi connectivity index (χ0n) is 17.8. The first kappa shape index (κ1) is 22.8. The monoisotopic (exact) mass is 469 g/mol. The molecular formula is C24H18F3N3O4. The van der Waals surface area contributed by atoms with E-state index in [1.807, 2.05) is 0 Å². The Balaban J connectivity index is 1.44. The average molecular weight is 469 g/mol. The number of nitro groups is 1. The second-order valence-corrected chi connectivity index (χ2v) is 7.62. The normalized spacial score (nSPS) is 11.4. The van der Waals surface area contributed by atoms with Gasteiger partial charge in [-0.25, -0.2) is 0 Å². The van der Waals surface area contributed by atoms with Crippen LogP contribution in [0.3, 0.4) is 0 Å². The minimum absolute atomic E-state index is 0.00126. The van der Waals surface area contributed by atoms with E-state index in [1.54, 1.807) is 36.4 Å². The number of hydrogen-bond acceptors (Lipinski definition) is 5. The number of nitro benzene ring substituents is 1. The molecule has 4 rings (SSSR count). The van der Waals surface area contributed by atoms with Crippen LogP contribution in [-0.4, -0.2) is 10.8 Å². The Morgan fingerprint density at radius 3 is 2.35 bits per heavy atom. The summed E-state index contributed by atoms with van der Waals surface area (Å²) in [6.07, 6.45) is -4.46. The second-order valence-electron chi connectivity index (χ2n) is 7.62. The molecule has 1 amide bonds. The van der Waals surface area contributed by atoms with Crippen LogP contribution in [0.2, 0.25) is 0 Å². The van der Waals surface area contributed by atoms with Crippen LogP contribution in [0.15, 0.2) is 71.1 Å². The van der Waals surface area contributed by atoms with Crippen LogP contribution in [0.4, 0.5) is 30.2 Å². The maximum atomic E-state index is 12.9. The number of nitrogens with zero attached hydrogens (tertiary/aromatic N) is 1. The number of halogens is 3. The SMILES string of the molecule is Cc1cc(NC(=O)c2cc3cc(NCc4ccc([N+](=O)[O-])cc4)ccc3o2)ccc1C(F)(F)F. The van der Waals surface area contributed by atoms with Crippen LogP contribution in [-0.2, 0) is 12.7 Å². The van der Waals surface area contributed by atoms with Crippen LogP contribution < -0.4 is 10.6 Å². The maximum Gasteiger partial charge on any atom is 0.416 e. The Morgan fingerprint density at radius 2 is 1.71 bits per heavy atom. The Labute approximate surface area is 191 Å². The maximum absolute atomic E-state index is 12.9. The summed E-state index contributed by atoms with van der Waals surface area (Å²) < 4.78 is 44.3. The van der Waals surface area contributed by atoms with Gasteiger partial charge in [0, 0.05) is 35.4 Å². The zero-order chi connectivity index (χ0) is 24.5. The number of furan rings is 1. The van der Waals surface area contributed by atoms with Gasteiger partial charge in [-0.1, -0.05) is 12.1 Å². The molecule has 7 nitrogen and oxygen atoms in total. The number of hydrogen-bond donors (Lipinski definition) is 2. The van der Waals surface area contributed by atoms with Crippen molar-refractivity contribution < 1.29 is 27.3 Å². The molecule has 0 fully saturated rings. The Morgan fingerprint density at radius 1 is 1.00 bits per heavy atom. The number of nitrogens with one attached hydrogen (secondary N) is 2. The molecule has 3 aromatic carbocycles. The summed E-state index contributed by atoms with van der Waals surface area (Å²) in [5, 5.41) is 17.1. The molecule has 0 bridgehead atoms. The van der Waals surface area contributed by atoms with Crippen molar-refractivity contribution in [2.24, 2.45) is 0 Å². The van der Waals surface area contributed by atoms with Gasteiger partial charge in [0.1, 0.15) is 5.58 Å². The lowest BCUT2D eigenvalue weighted by Crippen LogP contribution is -2.12. The van der Waals surface area contributed by atoms with Gasteiger partial charge >= 0.3 is 6.18 Å². The molecule has 1 heterocycles. The van der Waals surface area contributed by atoms with Crippen molar-refractivity contribution in [2.75, 3.05) is 10.6 Å². The molecule has 10 heteroatoms. The van der Waals surface area contributed by atoms with E-state index in [2.05, 4.69) is 10.6 Å². The Bertz CT molecular complexity index is 1380. The van der Waals surface area contributed by atoms with Gasteiger partial charge in [0.25, 0.3) is 11.6 Å². The van der Waals surface area contributed by atoms with Crippen molar-refractivity contribution in [1.29, 1.82) is 0 Å². The van der Waals surface area contributed by atoms with Crippen LogP contribution in [0, 0.1) is 17.0 Å². The van der Waals surface area contributed by atoms with E-state index in [1.165, 1.54) is 31.2 Å². The third kappa shape index (κ3) is 5.01. The van der Waals surface area contributed by atoms with Gasteiger partial charge in [-0.2, -0.15) is 13.2 Å². The van der Waals surface area contributed by atoms with Crippen LogP contribution in [0.25, 0.3) is 11.0 Å². The molecule has 174 valence electrons. The third-order valence-electron chi connectivity index (χ3n) is 5.17. The van der Waals surface area contributed by atoms with Crippen molar-refractivity contribution >= 4 is 33.9 Å². The van der Waals surface area contributed by atoms with Gasteiger partial charge < -0.3 is 15.1 Å². The quantitative estimate of drug-likeness (QED) is 0.247. The summed E-state index contributed by atoms with van der Waals surface area (Å²) in [7, 11) is 0. The van der Waals surface area contributed by atoms with Gasteiger partial charge in [0.15, 0.2) is 5.76 Å². The van der Waals surface area contributed by atoms with E-state index in [0.717, 1.165) is 17.3 Å². The standard InChI is InChI=1S/C24H18F3N3O4/c1-14-10-18(4-8-20(14)24(25,26)27)29-23(31)22-12-16-11-17(5-9-21(16)34-22)28-13-15-2-6-19(7-3-15)30(32)33/h2-12,28H,13H2,1H3,(H,29,31). The summed E-state index contributed by atoms with van der Waals surface area (Å²) in [6, 6.07) is 16.3. The summed E-state index contributed by atoms with van der Waals surface area (Å²) in [5.41, 5.74) is 1.54. The molecule has 2 N–H and O–H groups in total. The van der Waals surface area contributed by atoms with E-state index >= 15 is 0 Å². The van der Waals surface area contributed by atoms with Crippen molar-refractivity contribution in [3.63, 3.8) is 0 Å². The third-order valence-corrected chi connectivity index (χ3v) is 5.17. The Hall–Kier alpha value is -4.34. The molecular weight excluding hydrogens is 451 g/mol. The number of non-ortho nitro benzene ring substituents is 1. The van der Waals surface area contributed by atoms with Crippen LogP contribution in [0.5, 0.6) is 0 Å². The molecule has 0 saturated carbocycles. The molecule has 0 radical (unpaired) electrons. The van der Waals surface area contributed by atoms with Crippen molar-refractivity contribution in [3.8, 4) is 0 Å². The molecule has 4 aromatic rings. The summed E-state index contributed by atoms with van der Waals surface area (Å²) in [6.45, 7) is 1.76. The molecule has 0 spiro atoms. The first-order chi connectivity index (χ1) is 16.1. The van der Waals surface area contributed by atoms with Crippen LogP contribution >= 0.6 is 0 Å². The number of rotatable bonds is 6. The number of carbonyl (C=O) groups is 1. The Kier molecular flexibility index (Phi) is 5.97. The molecule has 0 aliphatic heterocycles. The largest absolute Gasteiger partial charge is 0.451 e. The predicted octanol–water partition coefficient (Wildman–Crippen LogP) is 6.53. The van der Waals surface area contributed by atoms with Gasteiger partial charge in [0.05, 0.1) is 10.5 Å². The molecule has 0 saturated heterocycles. The molecule has 1 aromatic heterocycles. The highest BCUT2D eigenvalue weighted by Crippen LogP contribution is 2.33. The van der Waals surface area contributed by atoms with E-state index in [0.29, 0.717) is 17.5 Å². The summed E-state index contributed by atoms with van der Waals surface area (Å²) in [4.78, 5) is 22.8. The number of carbonyl (C=O) groups excluding carboxylic acids is 1. The number of aryl methyl sites for hydroxylation is 1. The van der Waals surface area contributed by atoms with E-state index in [4.69, 9.17) is 4.42 Å². The molecule has 0 unspecified atom stereocenters. The number of alkyl halides is 3. The lowest BCUT2D eigenvalue weighted by atomic mass is 10.1. The number of benzene rings is 3. The average Bonchev–Trinajstić information content (AvgIpc) is 3.21. The number of fused-ring (bicyclic) bond motifs is 1. The van der Waals surface area contributed by atoms with Gasteiger partial charge in [-0.15, -0.1) is 0 Å². The minimum Gasteiger partial charge on any atom is -0.451 e. The predicted molar refractivity (Wildman–Crippen MR) is 121 cm³/mol. The highest BCUT2D eigenvalue weighted by molar-refractivity contribution is 6.04. The molecule has 0 aliphatic rings. The fourth-order valence-corrected chi connectivity index (χ4v) is 3.46. The van der Waals surface area contributed by atoms with E-state index < -0.39 is 22.6 Å². The molecule has 0 atom stereocenters. The lowest BCUT2D eigenvalue weighted by Gasteiger charge is -2.11. The summed E-state index contributed by atoms with van der Waals surface area (Å²) in [5.74, 6) is -0.573. The fourth-order valence-electron chi connectivity index (χ4n) is 3.46. The van der Waals surface area contributed by atoms with Gasteiger partial charge in [0.2, 0.25) is 0 Å². The highest BCUT2D eigenvalue weighted by Gasteiger charge is 2.32. The first-order valence-electron chi connectivity index (χ1n) is 10.1. The van der Waals surface area contributed by atoms with Crippen molar-refractivity contribution in [3.05, 3.63) is 99.3 Å². The fraction of sp³-hybridized carbons (Fsp3) is 0.125. The minimum atomic E-state index is -4.46. The summed E-state index contributed by atoms with van der Waals surface area (Å²) >= 11 is 0. The number of amides is 1. The number of anilines is 2. The first-order valence-corrected chi connectivity index (χ1v) is 10.1. The van der Waals surface area contributed by atoms with Gasteiger partial charge in [-0.05, 0) is 60.5 Å². The zero-order valence-corrected chi connectivity index (χ0v) is 17.8. The van der Waals surface area contributed by atoms with Crippen molar-refractivity contribution in [1.82, 2.24) is 0 Å². The second kappa shape index (κ2) is 8.89. The van der Waals surface area contributed by atoms with Crippen molar-refractivity contribution in [2.45, 2.75) is 19.6 Å². The highest BCUT2D eigenvalue weighted by atomic mass is 19.4.